The van der Waals surface area contributed by atoms with Gasteiger partial charge in [0.2, 0.25) is 0 Å². The first-order chi connectivity index (χ1) is 4.99. The fourth-order valence-electron chi connectivity index (χ4n) is 1.13. The van der Waals surface area contributed by atoms with Gasteiger partial charge in [0.1, 0.15) is 0 Å². The standard InChI is InChI=1S/C9H21NO/c1-5-11-8(7-10)6-9(2,3)4/h8H,5-7,10H2,1-4H3. The van der Waals surface area contributed by atoms with Crippen LogP contribution in [0.25, 0.3) is 0 Å². The molecule has 0 bridgehead atoms. The Morgan fingerprint density at radius 1 is 1.36 bits per heavy atom. The van der Waals surface area contributed by atoms with Crippen LogP contribution in [0, 0.1) is 5.41 Å². The van der Waals surface area contributed by atoms with Crippen LogP contribution >= 0.6 is 0 Å². The Bertz CT molecular complexity index is 96.2. The molecule has 0 aliphatic carbocycles. The molecule has 0 saturated heterocycles. The Kier molecular flexibility index (Phi) is 4.69. The molecule has 2 heteroatoms. The minimum Gasteiger partial charge on any atom is -0.377 e. The van der Waals surface area contributed by atoms with Gasteiger partial charge in [0.25, 0.3) is 0 Å². The summed E-state index contributed by atoms with van der Waals surface area (Å²) < 4.78 is 5.44. The van der Waals surface area contributed by atoms with Crippen molar-refractivity contribution in [3.05, 3.63) is 0 Å². The van der Waals surface area contributed by atoms with Crippen molar-refractivity contribution in [1.82, 2.24) is 0 Å². The normalized spacial score (nSPS) is 15.0. The van der Waals surface area contributed by atoms with Gasteiger partial charge in [-0.3, -0.25) is 0 Å². The molecular weight excluding hydrogens is 138 g/mol. The van der Waals surface area contributed by atoms with Gasteiger partial charge in [-0.2, -0.15) is 0 Å². The second-order valence-electron chi connectivity index (χ2n) is 4.08. The molecule has 0 aromatic carbocycles. The molecule has 0 fully saturated rings. The highest BCUT2D eigenvalue weighted by molar-refractivity contribution is 4.69. The van der Waals surface area contributed by atoms with Gasteiger partial charge in [-0.15, -0.1) is 0 Å². The van der Waals surface area contributed by atoms with E-state index in [1.165, 1.54) is 0 Å². The fraction of sp³-hybridized carbons (Fsp3) is 1.00. The van der Waals surface area contributed by atoms with Gasteiger partial charge in [-0.25, -0.2) is 0 Å². The first-order valence-electron chi connectivity index (χ1n) is 4.31. The maximum Gasteiger partial charge on any atom is 0.0702 e. The predicted octanol–water partition coefficient (Wildman–Crippen LogP) is 1.79. The lowest BCUT2D eigenvalue weighted by Crippen LogP contribution is -2.28. The molecule has 0 aromatic heterocycles. The van der Waals surface area contributed by atoms with Crippen LogP contribution in [0.5, 0.6) is 0 Å². The Morgan fingerprint density at radius 2 is 1.91 bits per heavy atom. The summed E-state index contributed by atoms with van der Waals surface area (Å²) in [5, 5.41) is 0. The Labute approximate surface area is 70.1 Å². The summed E-state index contributed by atoms with van der Waals surface area (Å²) in [5.74, 6) is 0. The molecule has 11 heavy (non-hydrogen) atoms. The lowest BCUT2D eigenvalue weighted by molar-refractivity contribution is 0.0399. The predicted molar refractivity (Wildman–Crippen MR) is 48.5 cm³/mol. The van der Waals surface area contributed by atoms with E-state index in [1.54, 1.807) is 0 Å². The van der Waals surface area contributed by atoms with Gasteiger partial charge >= 0.3 is 0 Å². The highest BCUT2D eigenvalue weighted by Crippen LogP contribution is 2.21. The first-order valence-corrected chi connectivity index (χ1v) is 4.31. The van der Waals surface area contributed by atoms with Gasteiger partial charge < -0.3 is 10.5 Å². The molecule has 0 aliphatic rings. The maximum atomic E-state index is 5.54. The lowest BCUT2D eigenvalue weighted by atomic mass is 9.89. The summed E-state index contributed by atoms with van der Waals surface area (Å²) in [6, 6.07) is 0. The number of nitrogens with two attached hydrogens (primary N) is 1. The number of ether oxygens (including phenoxy) is 1. The third-order valence-corrected chi connectivity index (χ3v) is 1.51. The van der Waals surface area contributed by atoms with E-state index in [4.69, 9.17) is 10.5 Å². The molecule has 0 aromatic rings. The Morgan fingerprint density at radius 3 is 2.18 bits per heavy atom. The highest BCUT2D eigenvalue weighted by Gasteiger charge is 2.17. The van der Waals surface area contributed by atoms with E-state index in [9.17, 15) is 0 Å². The molecule has 0 heterocycles. The number of rotatable bonds is 4. The minimum absolute atomic E-state index is 0.236. The molecule has 0 radical (unpaired) electrons. The smallest absolute Gasteiger partial charge is 0.0702 e. The van der Waals surface area contributed by atoms with Crippen molar-refractivity contribution in [1.29, 1.82) is 0 Å². The van der Waals surface area contributed by atoms with Gasteiger partial charge in [0.15, 0.2) is 0 Å². The van der Waals surface area contributed by atoms with Crippen molar-refractivity contribution >= 4 is 0 Å². The number of hydrogen-bond acceptors (Lipinski definition) is 2. The van der Waals surface area contributed by atoms with E-state index in [-0.39, 0.29) is 6.10 Å². The van der Waals surface area contributed by atoms with Crippen LogP contribution in [0.15, 0.2) is 0 Å². The SMILES string of the molecule is CCOC(CN)CC(C)(C)C. The van der Waals surface area contributed by atoms with E-state index >= 15 is 0 Å². The Balaban J connectivity index is 3.68. The van der Waals surface area contributed by atoms with Gasteiger partial charge in [-0.05, 0) is 18.8 Å². The van der Waals surface area contributed by atoms with Crippen LogP contribution in [0.4, 0.5) is 0 Å². The molecule has 1 atom stereocenters. The van der Waals surface area contributed by atoms with Crippen molar-refractivity contribution in [3.63, 3.8) is 0 Å². The molecule has 68 valence electrons. The summed E-state index contributed by atoms with van der Waals surface area (Å²) in [6.07, 6.45) is 1.28. The molecule has 0 spiro atoms. The molecule has 0 amide bonds. The monoisotopic (exact) mass is 159 g/mol. The summed E-state index contributed by atoms with van der Waals surface area (Å²) in [4.78, 5) is 0. The van der Waals surface area contributed by atoms with Crippen LogP contribution in [0.3, 0.4) is 0 Å². The third kappa shape index (κ3) is 6.32. The summed E-state index contributed by atoms with van der Waals surface area (Å²) in [7, 11) is 0. The topological polar surface area (TPSA) is 35.2 Å². The molecule has 0 aliphatic heterocycles. The van der Waals surface area contributed by atoms with Crippen LogP contribution in [0.2, 0.25) is 0 Å². The zero-order chi connectivity index (χ0) is 8.91. The second-order valence-corrected chi connectivity index (χ2v) is 4.08. The third-order valence-electron chi connectivity index (χ3n) is 1.51. The molecule has 1 unspecified atom stereocenters. The molecule has 2 nitrogen and oxygen atoms in total. The summed E-state index contributed by atoms with van der Waals surface area (Å²) in [6.45, 7) is 10.0. The van der Waals surface area contributed by atoms with Crippen LogP contribution < -0.4 is 5.73 Å². The number of hydrogen-bond donors (Lipinski definition) is 1. The van der Waals surface area contributed by atoms with E-state index in [2.05, 4.69) is 20.8 Å². The average Bonchev–Trinajstić information content (AvgIpc) is 1.84. The van der Waals surface area contributed by atoms with E-state index in [0.29, 0.717) is 12.0 Å². The fourth-order valence-corrected chi connectivity index (χ4v) is 1.13. The van der Waals surface area contributed by atoms with Gasteiger partial charge in [0, 0.05) is 13.2 Å². The highest BCUT2D eigenvalue weighted by atomic mass is 16.5. The minimum atomic E-state index is 0.236. The van der Waals surface area contributed by atoms with E-state index in [0.717, 1.165) is 13.0 Å². The molecule has 0 saturated carbocycles. The lowest BCUT2D eigenvalue weighted by Gasteiger charge is -2.24. The molecular formula is C9H21NO. The van der Waals surface area contributed by atoms with Crippen molar-refractivity contribution in [2.24, 2.45) is 11.1 Å². The second kappa shape index (κ2) is 4.73. The van der Waals surface area contributed by atoms with Crippen molar-refractivity contribution in [2.75, 3.05) is 13.2 Å². The zero-order valence-electron chi connectivity index (χ0n) is 8.18. The average molecular weight is 159 g/mol. The van der Waals surface area contributed by atoms with Gasteiger partial charge in [0.05, 0.1) is 6.10 Å². The van der Waals surface area contributed by atoms with Crippen molar-refractivity contribution in [2.45, 2.75) is 40.2 Å². The van der Waals surface area contributed by atoms with Crippen molar-refractivity contribution < 1.29 is 4.74 Å². The van der Waals surface area contributed by atoms with Crippen molar-refractivity contribution in [3.8, 4) is 0 Å². The first kappa shape index (κ1) is 10.9. The molecule has 2 N–H and O–H groups in total. The zero-order valence-corrected chi connectivity index (χ0v) is 8.18. The van der Waals surface area contributed by atoms with Crippen LogP contribution in [0.1, 0.15) is 34.1 Å². The molecule has 0 rings (SSSR count). The Hall–Kier alpha value is -0.0800. The van der Waals surface area contributed by atoms with E-state index in [1.807, 2.05) is 6.92 Å². The van der Waals surface area contributed by atoms with Gasteiger partial charge in [-0.1, -0.05) is 20.8 Å². The summed E-state index contributed by atoms with van der Waals surface area (Å²) >= 11 is 0. The van der Waals surface area contributed by atoms with E-state index < -0.39 is 0 Å². The largest absolute Gasteiger partial charge is 0.377 e. The maximum absolute atomic E-state index is 5.54. The quantitative estimate of drug-likeness (QED) is 0.678. The van der Waals surface area contributed by atoms with Crippen LogP contribution in [-0.4, -0.2) is 19.3 Å². The van der Waals surface area contributed by atoms with Crippen LogP contribution in [-0.2, 0) is 4.74 Å². The summed E-state index contributed by atoms with van der Waals surface area (Å²) in [5.41, 5.74) is 5.86.